The highest BCUT2D eigenvalue weighted by molar-refractivity contribution is 7.13. The van der Waals surface area contributed by atoms with Crippen LogP contribution in [0, 0.1) is 20.8 Å². The Bertz CT molecular complexity index is 706. The molecule has 8 heteroatoms. The predicted molar refractivity (Wildman–Crippen MR) is 81.3 cm³/mol. The predicted octanol–water partition coefficient (Wildman–Crippen LogP) is 2.71. The Balaban J connectivity index is 2.16. The number of amides is 1. The molecule has 2 N–H and O–H groups in total. The summed E-state index contributed by atoms with van der Waals surface area (Å²) in [5.74, 6) is -1.27. The van der Waals surface area contributed by atoms with Crippen LogP contribution in [0.4, 0.5) is 0 Å². The van der Waals surface area contributed by atoms with Crippen LogP contribution in [0.3, 0.4) is 0 Å². The van der Waals surface area contributed by atoms with Gasteiger partial charge in [0.15, 0.2) is 0 Å². The average Bonchev–Trinajstić information content (AvgIpc) is 2.92. The molecule has 2 aromatic heterocycles. The van der Waals surface area contributed by atoms with Gasteiger partial charge in [0, 0.05) is 4.88 Å². The summed E-state index contributed by atoms with van der Waals surface area (Å²) in [5, 5.41) is 13.2. The Kier molecular flexibility index (Phi) is 4.38. The number of aromatic carboxylic acids is 1. The lowest BCUT2D eigenvalue weighted by molar-refractivity contribution is 0.0701. The summed E-state index contributed by atoms with van der Waals surface area (Å²) in [4.78, 5) is 32.7. The number of nitrogens with zero attached hydrogens (tertiary/aromatic N) is 2. The first-order chi connectivity index (χ1) is 9.79. The summed E-state index contributed by atoms with van der Waals surface area (Å²) in [6.45, 7) is 7.11. The van der Waals surface area contributed by atoms with Gasteiger partial charge in [0.1, 0.15) is 15.6 Å². The van der Waals surface area contributed by atoms with Crippen LogP contribution in [0.5, 0.6) is 0 Å². The van der Waals surface area contributed by atoms with Crippen molar-refractivity contribution in [3.8, 4) is 0 Å². The highest BCUT2D eigenvalue weighted by Crippen LogP contribution is 2.24. The molecule has 0 aliphatic carbocycles. The van der Waals surface area contributed by atoms with Crippen LogP contribution in [-0.4, -0.2) is 27.0 Å². The number of aromatic nitrogens is 2. The molecule has 0 bridgehead atoms. The largest absolute Gasteiger partial charge is 0.477 e. The highest BCUT2D eigenvalue weighted by atomic mass is 32.1. The standard InChI is InChI=1S/C13H15N3O3S2/c1-5-10(13(18)19)21-12(15-5)6(2)14-11(17)9-7(3)20-8(4)16-9/h6H,1-4H3,(H,14,17)(H,18,19). The molecule has 0 saturated carbocycles. The smallest absolute Gasteiger partial charge is 0.347 e. The molecule has 0 aliphatic heterocycles. The molecular formula is C13H15N3O3S2. The van der Waals surface area contributed by atoms with E-state index in [4.69, 9.17) is 5.11 Å². The second kappa shape index (κ2) is 5.90. The minimum Gasteiger partial charge on any atom is -0.477 e. The molecule has 1 atom stereocenters. The van der Waals surface area contributed by atoms with Crippen molar-refractivity contribution >= 4 is 34.6 Å². The second-order valence-corrected chi connectivity index (χ2v) is 7.04. The van der Waals surface area contributed by atoms with Gasteiger partial charge in [-0.25, -0.2) is 14.8 Å². The van der Waals surface area contributed by atoms with E-state index in [1.165, 1.54) is 11.3 Å². The quantitative estimate of drug-likeness (QED) is 0.901. The molecule has 0 saturated heterocycles. The summed E-state index contributed by atoms with van der Waals surface area (Å²) in [6.07, 6.45) is 0. The van der Waals surface area contributed by atoms with E-state index in [1.54, 1.807) is 13.8 Å². The molecule has 6 nitrogen and oxygen atoms in total. The topological polar surface area (TPSA) is 92.2 Å². The van der Waals surface area contributed by atoms with E-state index >= 15 is 0 Å². The monoisotopic (exact) mass is 325 g/mol. The number of hydrogen-bond donors (Lipinski definition) is 2. The van der Waals surface area contributed by atoms with Gasteiger partial charge in [-0.3, -0.25) is 4.79 Å². The van der Waals surface area contributed by atoms with E-state index in [9.17, 15) is 9.59 Å². The summed E-state index contributed by atoms with van der Waals surface area (Å²) in [6, 6.07) is -0.365. The van der Waals surface area contributed by atoms with Gasteiger partial charge in [-0.05, 0) is 27.7 Å². The Labute approximate surface area is 129 Å². The minimum atomic E-state index is -0.999. The van der Waals surface area contributed by atoms with Crippen LogP contribution in [0.15, 0.2) is 0 Å². The molecule has 21 heavy (non-hydrogen) atoms. The van der Waals surface area contributed by atoms with Crippen molar-refractivity contribution in [2.45, 2.75) is 33.7 Å². The Hall–Kier alpha value is -1.80. The van der Waals surface area contributed by atoms with Gasteiger partial charge in [-0.1, -0.05) is 0 Å². The Morgan fingerprint density at radius 3 is 2.33 bits per heavy atom. The molecule has 2 aromatic rings. The third-order valence-corrected chi connectivity index (χ3v) is 5.06. The number of aryl methyl sites for hydroxylation is 3. The fourth-order valence-electron chi connectivity index (χ4n) is 1.87. The lowest BCUT2D eigenvalue weighted by Gasteiger charge is -2.10. The van der Waals surface area contributed by atoms with E-state index in [0.29, 0.717) is 16.4 Å². The molecular weight excluding hydrogens is 310 g/mol. The van der Waals surface area contributed by atoms with Crippen molar-refractivity contribution in [3.63, 3.8) is 0 Å². The molecule has 0 radical (unpaired) electrons. The summed E-state index contributed by atoms with van der Waals surface area (Å²) >= 11 is 2.55. The van der Waals surface area contributed by atoms with Gasteiger partial charge in [0.2, 0.25) is 0 Å². The van der Waals surface area contributed by atoms with Crippen LogP contribution >= 0.6 is 22.7 Å². The molecule has 2 heterocycles. The zero-order chi connectivity index (χ0) is 15.7. The molecule has 1 amide bonds. The second-order valence-electron chi connectivity index (χ2n) is 4.60. The molecule has 0 aromatic carbocycles. The molecule has 112 valence electrons. The maximum Gasteiger partial charge on any atom is 0.347 e. The fourth-order valence-corrected chi connectivity index (χ4v) is 3.59. The van der Waals surface area contributed by atoms with E-state index in [2.05, 4.69) is 15.3 Å². The first-order valence-corrected chi connectivity index (χ1v) is 7.88. The minimum absolute atomic E-state index is 0.201. The summed E-state index contributed by atoms with van der Waals surface area (Å²) in [7, 11) is 0. The maximum atomic E-state index is 12.2. The number of carbonyl (C=O) groups is 2. The zero-order valence-corrected chi connectivity index (χ0v) is 13.7. The Morgan fingerprint density at radius 1 is 1.19 bits per heavy atom. The lowest BCUT2D eigenvalue weighted by Crippen LogP contribution is -2.27. The zero-order valence-electron chi connectivity index (χ0n) is 12.1. The van der Waals surface area contributed by atoms with Gasteiger partial charge in [-0.2, -0.15) is 0 Å². The number of thiazole rings is 2. The Morgan fingerprint density at radius 2 is 1.86 bits per heavy atom. The number of carboxylic acid groups (broad SMARTS) is 1. The average molecular weight is 325 g/mol. The van der Waals surface area contributed by atoms with Crippen LogP contribution in [-0.2, 0) is 0 Å². The summed E-state index contributed by atoms with van der Waals surface area (Å²) < 4.78 is 0. The number of carbonyl (C=O) groups excluding carboxylic acids is 1. The van der Waals surface area contributed by atoms with E-state index in [0.717, 1.165) is 21.2 Å². The highest BCUT2D eigenvalue weighted by Gasteiger charge is 2.21. The third kappa shape index (κ3) is 3.27. The first-order valence-electron chi connectivity index (χ1n) is 6.25. The number of nitrogens with one attached hydrogen (secondary N) is 1. The van der Waals surface area contributed by atoms with Gasteiger partial charge in [0.25, 0.3) is 5.91 Å². The van der Waals surface area contributed by atoms with E-state index in [1.807, 2.05) is 13.8 Å². The SMILES string of the molecule is Cc1nc(C(=O)NC(C)c2nc(C)c(C(=O)O)s2)c(C)s1. The molecule has 0 fully saturated rings. The molecule has 0 aliphatic rings. The van der Waals surface area contributed by atoms with Crippen LogP contribution < -0.4 is 5.32 Å². The van der Waals surface area contributed by atoms with E-state index in [-0.39, 0.29) is 16.8 Å². The summed E-state index contributed by atoms with van der Waals surface area (Å²) in [5.41, 5.74) is 0.875. The number of rotatable bonds is 4. The van der Waals surface area contributed by atoms with Crippen LogP contribution in [0.2, 0.25) is 0 Å². The molecule has 2 rings (SSSR count). The van der Waals surface area contributed by atoms with Crippen molar-refractivity contribution in [3.05, 3.63) is 31.2 Å². The third-order valence-electron chi connectivity index (χ3n) is 2.84. The van der Waals surface area contributed by atoms with Crippen molar-refractivity contribution in [1.82, 2.24) is 15.3 Å². The van der Waals surface area contributed by atoms with Gasteiger partial charge < -0.3 is 10.4 Å². The van der Waals surface area contributed by atoms with Crippen molar-refractivity contribution in [1.29, 1.82) is 0 Å². The van der Waals surface area contributed by atoms with Crippen LogP contribution in [0.1, 0.15) is 53.7 Å². The number of hydrogen-bond acceptors (Lipinski definition) is 6. The number of carboxylic acids is 1. The molecule has 1 unspecified atom stereocenters. The fraction of sp³-hybridized carbons (Fsp3) is 0.385. The molecule has 0 spiro atoms. The van der Waals surface area contributed by atoms with Crippen molar-refractivity contribution in [2.24, 2.45) is 0 Å². The van der Waals surface area contributed by atoms with Gasteiger partial charge in [0.05, 0.1) is 16.7 Å². The van der Waals surface area contributed by atoms with Crippen molar-refractivity contribution in [2.75, 3.05) is 0 Å². The normalized spacial score (nSPS) is 12.2. The maximum absolute atomic E-state index is 12.2. The van der Waals surface area contributed by atoms with Gasteiger partial charge >= 0.3 is 5.97 Å². The van der Waals surface area contributed by atoms with E-state index < -0.39 is 5.97 Å². The lowest BCUT2D eigenvalue weighted by atomic mass is 10.3. The first kappa shape index (κ1) is 15.6. The van der Waals surface area contributed by atoms with Gasteiger partial charge in [-0.15, -0.1) is 22.7 Å². The van der Waals surface area contributed by atoms with Crippen LogP contribution in [0.25, 0.3) is 0 Å². The van der Waals surface area contributed by atoms with Crippen molar-refractivity contribution < 1.29 is 14.7 Å².